The highest BCUT2D eigenvalue weighted by molar-refractivity contribution is 7.99. The standard InChI is InChI=1S/C18H22ClNS/c1-13-8-5-6-11-16(13)21-17-14(9-7-10-15(17)19)12-20-18(2,3)4/h5-11,20H,12H2,1-4H3. The van der Waals surface area contributed by atoms with Crippen molar-refractivity contribution in [2.45, 2.75) is 49.6 Å². The predicted octanol–water partition coefficient (Wildman–Crippen LogP) is 5.69. The topological polar surface area (TPSA) is 12.0 Å². The van der Waals surface area contributed by atoms with Crippen molar-refractivity contribution in [1.29, 1.82) is 0 Å². The largest absolute Gasteiger partial charge is 0.308 e. The first kappa shape index (κ1) is 16.4. The van der Waals surface area contributed by atoms with Crippen LogP contribution >= 0.6 is 23.4 Å². The van der Waals surface area contributed by atoms with E-state index in [2.05, 4.69) is 63.3 Å². The highest BCUT2D eigenvalue weighted by Gasteiger charge is 2.13. The fraction of sp³-hybridized carbons (Fsp3) is 0.333. The molecule has 2 aromatic carbocycles. The molecule has 3 heteroatoms. The number of benzene rings is 2. The van der Waals surface area contributed by atoms with Gasteiger partial charge in [-0.1, -0.05) is 53.7 Å². The molecule has 0 aliphatic carbocycles. The van der Waals surface area contributed by atoms with Gasteiger partial charge < -0.3 is 5.32 Å². The van der Waals surface area contributed by atoms with Crippen LogP contribution in [0, 0.1) is 6.92 Å². The molecule has 1 nitrogen and oxygen atoms in total. The lowest BCUT2D eigenvalue weighted by molar-refractivity contribution is 0.422. The van der Waals surface area contributed by atoms with E-state index in [9.17, 15) is 0 Å². The van der Waals surface area contributed by atoms with Gasteiger partial charge in [-0.15, -0.1) is 0 Å². The summed E-state index contributed by atoms with van der Waals surface area (Å²) in [7, 11) is 0. The van der Waals surface area contributed by atoms with E-state index in [1.807, 2.05) is 12.1 Å². The van der Waals surface area contributed by atoms with E-state index in [0.29, 0.717) is 0 Å². The third-order valence-corrected chi connectivity index (χ3v) is 4.95. The summed E-state index contributed by atoms with van der Waals surface area (Å²) in [6, 6.07) is 14.5. The van der Waals surface area contributed by atoms with Crippen LogP contribution < -0.4 is 5.32 Å². The summed E-state index contributed by atoms with van der Waals surface area (Å²) < 4.78 is 0. The Kier molecular flexibility index (Phi) is 5.37. The Morgan fingerprint density at radius 2 is 1.76 bits per heavy atom. The highest BCUT2D eigenvalue weighted by atomic mass is 35.5. The van der Waals surface area contributed by atoms with Gasteiger partial charge >= 0.3 is 0 Å². The summed E-state index contributed by atoms with van der Waals surface area (Å²) in [6.07, 6.45) is 0. The van der Waals surface area contributed by atoms with E-state index in [1.165, 1.54) is 16.0 Å². The van der Waals surface area contributed by atoms with Crippen LogP contribution in [0.25, 0.3) is 0 Å². The lowest BCUT2D eigenvalue weighted by Gasteiger charge is -2.22. The minimum atomic E-state index is 0.0902. The van der Waals surface area contributed by atoms with Crippen molar-refractivity contribution >= 4 is 23.4 Å². The Morgan fingerprint density at radius 3 is 2.43 bits per heavy atom. The van der Waals surface area contributed by atoms with Crippen LogP contribution in [0.15, 0.2) is 52.3 Å². The molecule has 0 aromatic heterocycles. The molecule has 2 rings (SSSR count). The number of halogens is 1. The van der Waals surface area contributed by atoms with Crippen LogP contribution in [-0.4, -0.2) is 5.54 Å². The summed E-state index contributed by atoms with van der Waals surface area (Å²) in [4.78, 5) is 2.40. The average Bonchev–Trinajstić information content (AvgIpc) is 2.41. The average molecular weight is 320 g/mol. The second-order valence-electron chi connectivity index (χ2n) is 6.20. The van der Waals surface area contributed by atoms with Crippen molar-refractivity contribution in [3.63, 3.8) is 0 Å². The molecule has 0 bridgehead atoms. The van der Waals surface area contributed by atoms with Crippen molar-refractivity contribution in [3.8, 4) is 0 Å². The molecule has 0 unspecified atom stereocenters. The molecule has 2 aromatic rings. The summed E-state index contributed by atoms with van der Waals surface area (Å²) in [5, 5.41) is 4.35. The van der Waals surface area contributed by atoms with Crippen LogP contribution in [0.5, 0.6) is 0 Å². The monoisotopic (exact) mass is 319 g/mol. The molecule has 0 aliphatic heterocycles. The van der Waals surface area contributed by atoms with Gasteiger partial charge in [0, 0.05) is 21.9 Å². The zero-order valence-electron chi connectivity index (χ0n) is 13.0. The van der Waals surface area contributed by atoms with Gasteiger partial charge in [-0.25, -0.2) is 0 Å². The van der Waals surface area contributed by atoms with Gasteiger partial charge in [0.2, 0.25) is 0 Å². The number of aryl methyl sites for hydroxylation is 1. The SMILES string of the molecule is Cc1ccccc1Sc1c(Cl)cccc1CNC(C)(C)C. The third kappa shape index (κ3) is 4.77. The van der Waals surface area contributed by atoms with Gasteiger partial charge in [-0.2, -0.15) is 0 Å². The second kappa shape index (κ2) is 6.87. The Labute approximate surface area is 137 Å². The van der Waals surface area contributed by atoms with Crippen LogP contribution in [0.3, 0.4) is 0 Å². The van der Waals surface area contributed by atoms with Gasteiger partial charge in [0.05, 0.1) is 5.02 Å². The molecule has 0 fully saturated rings. The highest BCUT2D eigenvalue weighted by Crippen LogP contribution is 2.37. The molecule has 0 aliphatic rings. The molecule has 0 heterocycles. The molecular weight excluding hydrogens is 298 g/mol. The van der Waals surface area contributed by atoms with E-state index in [-0.39, 0.29) is 5.54 Å². The van der Waals surface area contributed by atoms with Crippen LogP contribution in [0.4, 0.5) is 0 Å². The normalized spacial score (nSPS) is 11.7. The number of rotatable bonds is 4. The minimum absolute atomic E-state index is 0.0902. The maximum atomic E-state index is 6.43. The van der Waals surface area contributed by atoms with E-state index < -0.39 is 0 Å². The molecule has 0 spiro atoms. The van der Waals surface area contributed by atoms with E-state index in [4.69, 9.17) is 11.6 Å². The molecule has 0 radical (unpaired) electrons. The van der Waals surface area contributed by atoms with Gasteiger partial charge in [-0.05, 0) is 51.0 Å². The van der Waals surface area contributed by atoms with Crippen LogP contribution in [0.1, 0.15) is 31.9 Å². The summed E-state index contributed by atoms with van der Waals surface area (Å²) in [5.74, 6) is 0. The number of hydrogen-bond acceptors (Lipinski definition) is 2. The molecule has 0 saturated heterocycles. The Morgan fingerprint density at radius 1 is 1.05 bits per heavy atom. The van der Waals surface area contributed by atoms with Gasteiger partial charge in [0.1, 0.15) is 0 Å². The fourth-order valence-electron chi connectivity index (χ4n) is 1.95. The summed E-state index contributed by atoms with van der Waals surface area (Å²) in [5.41, 5.74) is 2.61. The van der Waals surface area contributed by atoms with E-state index in [0.717, 1.165) is 16.5 Å². The zero-order chi connectivity index (χ0) is 15.5. The zero-order valence-corrected chi connectivity index (χ0v) is 14.6. The first-order chi connectivity index (χ1) is 9.87. The van der Waals surface area contributed by atoms with Crippen molar-refractivity contribution in [2.24, 2.45) is 0 Å². The van der Waals surface area contributed by atoms with Crippen molar-refractivity contribution in [3.05, 3.63) is 58.6 Å². The Bertz CT molecular complexity index is 617. The summed E-state index contributed by atoms with van der Waals surface area (Å²) >= 11 is 8.18. The smallest absolute Gasteiger partial charge is 0.0548 e. The number of nitrogens with one attached hydrogen (secondary N) is 1. The predicted molar refractivity (Wildman–Crippen MR) is 93.3 cm³/mol. The lowest BCUT2D eigenvalue weighted by Crippen LogP contribution is -2.35. The maximum absolute atomic E-state index is 6.43. The third-order valence-electron chi connectivity index (χ3n) is 3.16. The molecule has 0 atom stereocenters. The lowest BCUT2D eigenvalue weighted by atomic mass is 10.1. The first-order valence-corrected chi connectivity index (χ1v) is 8.32. The van der Waals surface area contributed by atoms with Gasteiger partial charge in [0.15, 0.2) is 0 Å². The molecule has 0 saturated carbocycles. The molecular formula is C18H22ClNS. The minimum Gasteiger partial charge on any atom is -0.308 e. The molecule has 21 heavy (non-hydrogen) atoms. The Balaban J connectivity index is 2.28. The molecule has 112 valence electrons. The molecule has 1 N–H and O–H groups in total. The van der Waals surface area contributed by atoms with Crippen molar-refractivity contribution < 1.29 is 0 Å². The summed E-state index contributed by atoms with van der Waals surface area (Å²) in [6.45, 7) is 9.47. The van der Waals surface area contributed by atoms with Crippen LogP contribution in [0.2, 0.25) is 5.02 Å². The quantitative estimate of drug-likeness (QED) is 0.777. The van der Waals surface area contributed by atoms with E-state index >= 15 is 0 Å². The van der Waals surface area contributed by atoms with Crippen LogP contribution in [-0.2, 0) is 6.54 Å². The Hall–Kier alpha value is -0.960. The first-order valence-electron chi connectivity index (χ1n) is 7.13. The van der Waals surface area contributed by atoms with Gasteiger partial charge in [-0.3, -0.25) is 0 Å². The van der Waals surface area contributed by atoms with Crippen molar-refractivity contribution in [1.82, 2.24) is 5.32 Å². The second-order valence-corrected chi connectivity index (χ2v) is 7.66. The number of hydrogen-bond donors (Lipinski definition) is 1. The molecule has 0 amide bonds. The van der Waals surface area contributed by atoms with Gasteiger partial charge in [0.25, 0.3) is 0 Å². The van der Waals surface area contributed by atoms with Crippen molar-refractivity contribution in [2.75, 3.05) is 0 Å². The fourth-order valence-corrected chi connectivity index (χ4v) is 3.29. The van der Waals surface area contributed by atoms with E-state index in [1.54, 1.807) is 11.8 Å². The maximum Gasteiger partial charge on any atom is 0.0548 e.